The van der Waals surface area contributed by atoms with E-state index in [0.29, 0.717) is 19.6 Å². The highest BCUT2D eigenvalue weighted by molar-refractivity contribution is 5.68. The molecule has 148 valence electrons. The van der Waals surface area contributed by atoms with Crippen LogP contribution in [0.4, 0.5) is 31.1 Å². The van der Waals surface area contributed by atoms with Crippen molar-refractivity contribution in [2.24, 2.45) is 0 Å². The van der Waals surface area contributed by atoms with Gasteiger partial charge in [-0.25, -0.2) is 4.79 Å². The van der Waals surface area contributed by atoms with E-state index in [2.05, 4.69) is 11.3 Å². The van der Waals surface area contributed by atoms with Crippen LogP contribution in [0.5, 0.6) is 0 Å². The van der Waals surface area contributed by atoms with Crippen molar-refractivity contribution in [3.8, 4) is 0 Å². The van der Waals surface area contributed by atoms with Crippen molar-refractivity contribution in [3.63, 3.8) is 0 Å². The zero-order chi connectivity index (χ0) is 20.0. The number of carbonyl (C=O) groups is 1. The third-order valence-corrected chi connectivity index (χ3v) is 3.61. The summed E-state index contributed by atoms with van der Waals surface area (Å²) in [6.07, 6.45) is -10.1. The molecule has 10 heteroatoms. The maximum Gasteiger partial charge on any atom is 0.434 e. The summed E-state index contributed by atoms with van der Waals surface area (Å²) in [5.41, 5.74) is 0.897. The van der Waals surface area contributed by atoms with Gasteiger partial charge in [-0.05, 0) is 12.5 Å². The molecule has 0 bridgehead atoms. The molecule has 0 N–H and O–H groups in total. The molecule has 26 heavy (non-hydrogen) atoms. The minimum Gasteiger partial charge on any atom is -0.426 e. The minimum absolute atomic E-state index is 0.0324. The number of carbonyl (C=O) groups excluding carboxylic acids is 1. The Hall–Kier alpha value is -1.97. The Balaban J connectivity index is 2.62. The van der Waals surface area contributed by atoms with Gasteiger partial charge in [0.2, 0.25) is 0 Å². The number of allylic oxidation sites excluding steroid dienone is 3. The lowest BCUT2D eigenvalue weighted by molar-refractivity contribution is -0.308. The Labute approximate surface area is 147 Å². The maximum atomic E-state index is 12.4. The molecule has 0 aromatic carbocycles. The highest BCUT2D eigenvalue weighted by Gasteiger charge is 2.60. The van der Waals surface area contributed by atoms with Crippen molar-refractivity contribution < 1.29 is 35.9 Å². The molecule has 1 amide bonds. The van der Waals surface area contributed by atoms with Crippen LogP contribution in [-0.4, -0.2) is 67.1 Å². The number of alkyl halides is 6. The Kier molecular flexibility index (Phi) is 7.73. The van der Waals surface area contributed by atoms with Gasteiger partial charge < -0.3 is 9.64 Å². The van der Waals surface area contributed by atoms with E-state index in [1.54, 1.807) is 6.08 Å². The van der Waals surface area contributed by atoms with Crippen LogP contribution in [0.15, 0.2) is 36.5 Å². The zero-order valence-corrected chi connectivity index (χ0v) is 14.1. The van der Waals surface area contributed by atoms with Gasteiger partial charge in [-0.3, -0.25) is 4.90 Å². The normalized spacial score (nSPS) is 17.8. The predicted octanol–water partition coefficient (Wildman–Crippen LogP) is 3.92. The minimum atomic E-state index is -5.72. The summed E-state index contributed by atoms with van der Waals surface area (Å²) < 4.78 is 78.4. The van der Waals surface area contributed by atoms with Crippen molar-refractivity contribution in [1.29, 1.82) is 0 Å². The second kappa shape index (κ2) is 9.11. The van der Waals surface area contributed by atoms with Gasteiger partial charge in [-0.15, -0.1) is 0 Å². The van der Waals surface area contributed by atoms with E-state index in [-0.39, 0.29) is 13.1 Å². The number of rotatable bonds is 5. The summed E-state index contributed by atoms with van der Waals surface area (Å²) in [5, 5.41) is 0. The first-order valence-electron chi connectivity index (χ1n) is 7.74. The molecule has 4 nitrogen and oxygen atoms in total. The van der Waals surface area contributed by atoms with Crippen LogP contribution in [0.2, 0.25) is 0 Å². The lowest BCUT2D eigenvalue weighted by atomic mass is 10.2. The topological polar surface area (TPSA) is 32.8 Å². The SMILES string of the molecule is C=C/C(=C\C=C/C)CN1CCN(C(=O)OC(C(F)(F)F)C(F)(F)F)CC1. The van der Waals surface area contributed by atoms with Gasteiger partial charge in [0.15, 0.2) is 0 Å². The lowest BCUT2D eigenvalue weighted by Gasteiger charge is -2.35. The van der Waals surface area contributed by atoms with E-state index in [4.69, 9.17) is 0 Å². The van der Waals surface area contributed by atoms with E-state index in [9.17, 15) is 31.1 Å². The zero-order valence-electron chi connectivity index (χ0n) is 14.1. The van der Waals surface area contributed by atoms with Gasteiger partial charge >= 0.3 is 18.4 Å². The van der Waals surface area contributed by atoms with Gasteiger partial charge in [-0.1, -0.05) is 30.9 Å². The molecule has 0 aromatic rings. The first-order valence-corrected chi connectivity index (χ1v) is 7.74. The highest BCUT2D eigenvalue weighted by atomic mass is 19.4. The number of ether oxygens (including phenoxy) is 1. The van der Waals surface area contributed by atoms with Gasteiger partial charge in [0, 0.05) is 32.7 Å². The monoisotopic (exact) mass is 386 g/mol. The molecule has 1 aliphatic heterocycles. The summed E-state index contributed by atoms with van der Waals surface area (Å²) in [5.74, 6) is 0. The Morgan fingerprint density at radius 1 is 1.12 bits per heavy atom. The van der Waals surface area contributed by atoms with E-state index in [1.165, 1.54) is 0 Å². The molecule has 0 aliphatic carbocycles. The Morgan fingerprint density at radius 3 is 2.08 bits per heavy atom. The number of hydrogen-bond acceptors (Lipinski definition) is 3. The average molecular weight is 386 g/mol. The van der Waals surface area contributed by atoms with Crippen molar-refractivity contribution in [2.45, 2.75) is 25.4 Å². The van der Waals surface area contributed by atoms with Crippen molar-refractivity contribution in [2.75, 3.05) is 32.7 Å². The molecule has 1 rings (SSSR count). The van der Waals surface area contributed by atoms with E-state index >= 15 is 0 Å². The first-order chi connectivity index (χ1) is 12.0. The van der Waals surface area contributed by atoms with Crippen LogP contribution in [0.25, 0.3) is 0 Å². The molecule has 0 unspecified atom stereocenters. The van der Waals surface area contributed by atoms with Crippen molar-refractivity contribution in [3.05, 3.63) is 36.5 Å². The third kappa shape index (κ3) is 6.74. The largest absolute Gasteiger partial charge is 0.434 e. The molecule has 0 spiro atoms. The van der Waals surface area contributed by atoms with E-state index in [0.717, 1.165) is 10.5 Å². The van der Waals surface area contributed by atoms with E-state index < -0.39 is 24.5 Å². The average Bonchev–Trinajstić information content (AvgIpc) is 2.54. The molecular formula is C16H20F6N2O2. The van der Waals surface area contributed by atoms with Crippen LogP contribution >= 0.6 is 0 Å². The van der Waals surface area contributed by atoms with Crippen LogP contribution in [-0.2, 0) is 4.74 Å². The van der Waals surface area contributed by atoms with Crippen LogP contribution in [0, 0.1) is 0 Å². The smallest absolute Gasteiger partial charge is 0.426 e. The van der Waals surface area contributed by atoms with E-state index in [1.807, 2.05) is 30.1 Å². The molecular weight excluding hydrogens is 366 g/mol. The van der Waals surface area contributed by atoms with Gasteiger partial charge in [0.25, 0.3) is 6.10 Å². The second-order valence-corrected chi connectivity index (χ2v) is 5.58. The molecule has 1 heterocycles. The molecule has 0 atom stereocenters. The van der Waals surface area contributed by atoms with Crippen molar-refractivity contribution >= 4 is 6.09 Å². The van der Waals surface area contributed by atoms with Gasteiger partial charge in [0.1, 0.15) is 0 Å². The summed E-state index contributed by atoms with van der Waals surface area (Å²) in [7, 11) is 0. The first kappa shape index (κ1) is 22.1. The number of nitrogens with zero attached hydrogens (tertiary/aromatic N) is 2. The molecule has 0 saturated carbocycles. The fraction of sp³-hybridized carbons (Fsp3) is 0.562. The molecule has 1 aliphatic rings. The summed E-state index contributed by atoms with van der Waals surface area (Å²) in [6, 6.07) is 0. The molecule has 1 fully saturated rings. The highest BCUT2D eigenvalue weighted by Crippen LogP contribution is 2.36. The molecule has 0 radical (unpaired) electrons. The fourth-order valence-electron chi connectivity index (χ4n) is 2.25. The lowest BCUT2D eigenvalue weighted by Crippen LogP contribution is -2.52. The maximum absolute atomic E-state index is 12.4. The number of piperazine rings is 1. The number of halogens is 6. The van der Waals surface area contributed by atoms with Gasteiger partial charge in [-0.2, -0.15) is 26.3 Å². The fourth-order valence-corrected chi connectivity index (χ4v) is 2.25. The van der Waals surface area contributed by atoms with Crippen molar-refractivity contribution in [1.82, 2.24) is 9.80 Å². The number of amides is 1. The summed E-state index contributed by atoms with van der Waals surface area (Å²) >= 11 is 0. The van der Waals surface area contributed by atoms with Crippen LogP contribution in [0.3, 0.4) is 0 Å². The quantitative estimate of drug-likeness (QED) is 0.530. The number of hydrogen-bond donors (Lipinski definition) is 0. The Morgan fingerprint density at radius 2 is 1.65 bits per heavy atom. The van der Waals surface area contributed by atoms with Gasteiger partial charge in [0.05, 0.1) is 0 Å². The molecule has 0 aromatic heterocycles. The summed E-state index contributed by atoms with van der Waals surface area (Å²) in [4.78, 5) is 14.4. The predicted molar refractivity (Wildman–Crippen MR) is 83.5 cm³/mol. The third-order valence-electron chi connectivity index (χ3n) is 3.61. The Bertz CT molecular complexity index is 532. The molecule has 1 saturated heterocycles. The summed E-state index contributed by atoms with van der Waals surface area (Å²) in [6.45, 7) is 6.54. The second-order valence-electron chi connectivity index (χ2n) is 5.58. The van der Waals surface area contributed by atoms with Crippen LogP contribution in [0.1, 0.15) is 6.92 Å². The standard InChI is InChI=1S/C16H20F6N2O2/c1-3-5-6-12(4-2)11-23-7-9-24(10-8-23)14(25)26-13(15(17,18)19)16(20,21)22/h3-6,13H,2,7-11H2,1H3/b5-3-,12-6+. The van der Waals surface area contributed by atoms with Crippen LogP contribution < -0.4 is 0 Å².